The molecule has 2 aromatic rings. The summed E-state index contributed by atoms with van der Waals surface area (Å²) in [4.78, 5) is 22.2. The summed E-state index contributed by atoms with van der Waals surface area (Å²) in [5, 5.41) is 23.5. The van der Waals surface area contributed by atoms with E-state index in [1.54, 1.807) is 12.4 Å². The number of anilines is 3. The van der Waals surface area contributed by atoms with Gasteiger partial charge in [-0.25, -0.2) is 9.97 Å². The SMILES string of the molecule is CCOc1ncc(Nc2cc([C@H](CC)CC(=O)O)ccc2N(CC(C)(C)O)C(CC)CC)cn1. The zero-order chi connectivity index (χ0) is 25.3. The molecule has 1 aromatic heterocycles. The molecule has 0 spiro atoms. The number of hydrogen-bond donors (Lipinski definition) is 3. The standard InChI is InChI=1S/C26H40N4O4/c1-7-18(14-24(31)32)19-11-12-23(30(17-26(5,6)33)21(8-2)9-3)22(13-19)29-20-15-27-25(28-16-20)34-10-4/h11-13,15-16,18,21,29,33H,7-10,14,17H2,1-6H3,(H,31,32)/t18-/m1/s1. The fourth-order valence-corrected chi connectivity index (χ4v) is 4.16. The largest absolute Gasteiger partial charge is 0.481 e. The van der Waals surface area contributed by atoms with Crippen LogP contribution in [0.1, 0.15) is 78.7 Å². The molecule has 188 valence electrons. The van der Waals surface area contributed by atoms with E-state index in [0.29, 0.717) is 24.8 Å². The summed E-state index contributed by atoms with van der Waals surface area (Å²) in [5.74, 6) is -0.911. The van der Waals surface area contributed by atoms with E-state index in [4.69, 9.17) is 4.74 Å². The molecular formula is C26H40N4O4. The summed E-state index contributed by atoms with van der Waals surface area (Å²) in [7, 11) is 0. The summed E-state index contributed by atoms with van der Waals surface area (Å²) < 4.78 is 5.35. The van der Waals surface area contributed by atoms with Gasteiger partial charge in [-0.15, -0.1) is 0 Å². The zero-order valence-corrected chi connectivity index (χ0v) is 21.3. The van der Waals surface area contributed by atoms with E-state index in [2.05, 4.69) is 34.0 Å². The number of hydrogen-bond acceptors (Lipinski definition) is 7. The fourth-order valence-electron chi connectivity index (χ4n) is 4.16. The summed E-state index contributed by atoms with van der Waals surface area (Å²) in [6, 6.07) is 6.60. The van der Waals surface area contributed by atoms with E-state index in [1.165, 1.54) is 0 Å². The highest BCUT2D eigenvalue weighted by molar-refractivity contribution is 5.77. The molecule has 1 aromatic carbocycles. The molecule has 8 heteroatoms. The third-order valence-electron chi connectivity index (χ3n) is 5.84. The second-order valence-electron chi connectivity index (χ2n) is 9.20. The van der Waals surface area contributed by atoms with Crippen molar-refractivity contribution in [1.82, 2.24) is 9.97 Å². The Kier molecular flexibility index (Phi) is 10.1. The number of aromatic nitrogens is 2. The molecule has 0 saturated heterocycles. The van der Waals surface area contributed by atoms with E-state index in [0.717, 1.165) is 36.2 Å². The number of nitrogens with zero attached hydrogens (tertiary/aromatic N) is 3. The molecule has 3 N–H and O–H groups in total. The Bertz CT molecular complexity index is 908. The normalized spacial score (nSPS) is 12.5. The minimum Gasteiger partial charge on any atom is -0.481 e. The number of carboxylic acid groups (broad SMARTS) is 1. The number of ether oxygens (including phenoxy) is 1. The van der Waals surface area contributed by atoms with Gasteiger partial charge in [-0.05, 0) is 63.6 Å². The van der Waals surface area contributed by atoms with Gasteiger partial charge in [0.25, 0.3) is 0 Å². The van der Waals surface area contributed by atoms with Crippen molar-refractivity contribution in [2.45, 2.75) is 84.8 Å². The highest BCUT2D eigenvalue weighted by Gasteiger charge is 2.26. The van der Waals surface area contributed by atoms with Crippen molar-refractivity contribution < 1.29 is 19.7 Å². The van der Waals surface area contributed by atoms with Gasteiger partial charge >= 0.3 is 12.0 Å². The lowest BCUT2D eigenvalue weighted by atomic mass is 9.92. The third-order valence-corrected chi connectivity index (χ3v) is 5.84. The van der Waals surface area contributed by atoms with Gasteiger partial charge < -0.3 is 25.2 Å². The van der Waals surface area contributed by atoms with Gasteiger partial charge in [-0.1, -0.05) is 26.8 Å². The summed E-state index contributed by atoms with van der Waals surface area (Å²) in [6.45, 7) is 12.7. The van der Waals surface area contributed by atoms with Crippen LogP contribution >= 0.6 is 0 Å². The molecule has 0 amide bonds. The number of aliphatic carboxylic acids is 1. The zero-order valence-electron chi connectivity index (χ0n) is 21.3. The molecule has 0 bridgehead atoms. The van der Waals surface area contributed by atoms with Crippen LogP contribution < -0.4 is 15.0 Å². The van der Waals surface area contributed by atoms with E-state index < -0.39 is 11.6 Å². The molecule has 1 atom stereocenters. The summed E-state index contributed by atoms with van der Waals surface area (Å²) >= 11 is 0. The first kappa shape index (κ1) is 27.4. The van der Waals surface area contributed by atoms with Crippen LogP contribution in [0.15, 0.2) is 30.6 Å². The van der Waals surface area contributed by atoms with E-state index in [1.807, 2.05) is 45.9 Å². The number of benzene rings is 1. The van der Waals surface area contributed by atoms with Gasteiger partial charge in [0, 0.05) is 12.6 Å². The first-order chi connectivity index (χ1) is 16.1. The van der Waals surface area contributed by atoms with Gasteiger partial charge in [0.2, 0.25) is 0 Å². The summed E-state index contributed by atoms with van der Waals surface area (Å²) in [5.41, 5.74) is 2.52. The molecule has 1 heterocycles. The Balaban J connectivity index is 2.56. The van der Waals surface area contributed by atoms with Crippen molar-refractivity contribution in [2.24, 2.45) is 0 Å². The molecule has 0 aliphatic carbocycles. The average Bonchev–Trinajstić information content (AvgIpc) is 2.78. The predicted molar refractivity (Wildman–Crippen MR) is 136 cm³/mol. The molecule has 0 unspecified atom stereocenters. The first-order valence-corrected chi connectivity index (χ1v) is 12.2. The van der Waals surface area contributed by atoms with Crippen LogP contribution in [0.5, 0.6) is 6.01 Å². The molecule has 34 heavy (non-hydrogen) atoms. The minimum atomic E-state index is -0.893. The summed E-state index contributed by atoms with van der Waals surface area (Å²) in [6.07, 6.45) is 5.98. The maximum absolute atomic E-state index is 11.4. The monoisotopic (exact) mass is 472 g/mol. The van der Waals surface area contributed by atoms with Crippen LogP contribution in [0.25, 0.3) is 0 Å². The number of aliphatic hydroxyl groups is 1. The lowest BCUT2D eigenvalue weighted by Crippen LogP contribution is -2.44. The smallest absolute Gasteiger partial charge is 0.316 e. The van der Waals surface area contributed by atoms with Gasteiger partial charge in [0.15, 0.2) is 0 Å². The Labute approximate surface area is 203 Å². The Morgan fingerprint density at radius 3 is 2.26 bits per heavy atom. The second-order valence-corrected chi connectivity index (χ2v) is 9.20. The van der Waals surface area contributed by atoms with Gasteiger partial charge in [0.1, 0.15) is 0 Å². The maximum Gasteiger partial charge on any atom is 0.316 e. The van der Waals surface area contributed by atoms with E-state index in [-0.39, 0.29) is 18.4 Å². The quantitative estimate of drug-likeness (QED) is 0.338. The molecule has 8 nitrogen and oxygen atoms in total. The molecule has 0 aliphatic rings. The van der Waals surface area contributed by atoms with Crippen LogP contribution in [-0.4, -0.2) is 50.9 Å². The van der Waals surface area contributed by atoms with Crippen LogP contribution in [0.3, 0.4) is 0 Å². The first-order valence-electron chi connectivity index (χ1n) is 12.2. The van der Waals surface area contributed by atoms with Crippen LogP contribution in [0, 0.1) is 0 Å². The van der Waals surface area contributed by atoms with Crippen LogP contribution in [0.4, 0.5) is 17.1 Å². The second kappa shape index (κ2) is 12.6. The number of nitrogens with one attached hydrogen (secondary N) is 1. The highest BCUT2D eigenvalue weighted by Crippen LogP contribution is 2.36. The lowest BCUT2D eigenvalue weighted by molar-refractivity contribution is -0.137. The van der Waals surface area contributed by atoms with Crippen molar-refractivity contribution in [2.75, 3.05) is 23.4 Å². The molecule has 0 aliphatic heterocycles. The Morgan fingerprint density at radius 1 is 1.12 bits per heavy atom. The van der Waals surface area contributed by atoms with Crippen LogP contribution in [0.2, 0.25) is 0 Å². The molecular weight excluding hydrogens is 432 g/mol. The Hall–Kier alpha value is -2.87. The van der Waals surface area contributed by atoms with E-state index in [9.17, 15) is 15.0 Å². The van der Waals surface area contributed by atoms with Gasteiger partial charge in [-0.3, -0.25) is 4.79 Å². The molecule has 0 radical (unpaired) electrons. The van der Waals surface area contributed by atoms with Crippen LogP contribution in [-0.2, 0) is 4.79 Å². The number of carbonyl (C=O) groups is 1. The topological polar surface area (TPSA) is 108 Å². The van der Waals surface area contributed by atoms with Gasteiger partial charge in [0.05, 0.1) is 48.1 Å². The minimum absolute atomic E-state index is 0.0708. The molecule has 0 saturated carbocycles. The number of carboxylic acids is 1. The van der Waals surface area contributed by atoms with Crippen molar-refractivity contribution >= 4 is 23.0 Å². The van der Waals surface area contributed by atoms with Gasteiger partial charge in [-0.2, -0.15) is 0 Å². The predicted octanol–water partition coefficient (Wildman–Crippen LogP) is 5.35. The highest BCUT2D eigenvalue weighted by atomic mass is 16.5. The lowest BCUT2D eigenvalue weighted by Gasteiger charge is -2.38. The number of rotatable bonds is 14. The fraction of sp³-hybridized carbons (Fsp3) is 0.577. The Morgan fingerprint density at radius 2 is 1.76 bits per heavy atom. The third kappa shape index (κ3) is 7.87. The van der Waals surface area contributed by atoms with Crippen molar-refractivity contribution in [1.29, 1.82) is 0 Å². The van der Waals surface area contributed by atoms with Crippen molar-refractivity contribution in [3.63, 3.8) is 0 Å². The van der Waals surface area contributed by atoms with E-state index >= 15 is 0 Å². The molecule has 0 fully saturated rings. The van der Waals surface area contributed by atoms with Crippen molar-refractivity contribution in [3.05, 3.63) is 36.2 Å². The maximum atomic E-state index is 11.4. The molecule has 2 rings (SSSR count). The van der Waals surface area contributed by atoms with Crippen molar-refractivity contribution in [3.8, 4) is 6.01 Å². The average molecular weight is 473 g/mol.